The lowest BCUT2D eigenvalue weighted by Crippen LogP contribution is -2.00. The Hall–Kier alpha value is -2.79. The van der Waals surface area contributed by atoms with Gasteiger partial charge >= 0.3 is 0 Å². The van der Waals surface area contributed by atoms with Gasteiger partial charge in [0.2, 0.25) is 0 Å². The van der Waals surface area contributed by atoms with Gasteiger partial charge in [0.15, 0.2) is 11.5 Å². The van der Waals surface area contributed by atoms with Crippen LogP contribution in [-0.4, -0.2) is 16.6 Å². The molecule has 0 aliphatic heterocycles. The van der Waals surface area contributed by atoms with E-state index in [1.54, 1.807) is 0 Å². The molecule has 0 bridgehead atoms. The first-order valence-corrected chi connectivity index (χ1v) is 10.0. The Morgan fingerprint density at radius 1 is 0.929 bits per heavy atom. The number of hydrogen-bond acceptors (Lipinski definition) is 3. The highest BCUT2D eigenvalue weighted by Crippen LogP contribution is 2.33. The van der Waals surface area contributed by atoms with E-state index in [9.17, 15) is 0 Å². The van der Waals surface area contributed by atoms with Crippen LogP contribution in [0.15, 0.2) is 65.1 Å². The van der Waals surface area contributed by atoms with Crippen molar-refractivity contribution in [2.75, 3.05) is 6.61 Å². The molecule has 0 radical (unpaired) electrons. The second-order valence-electron chi connectivity index (χ2n) is 6.62. The first-order chi connectivity index (χ1) is 13.6. The molecule has 0 amide bonds. The number of nitrogens with zero attached hydrogens (tertiary/aromatic N) is 1. The number of aromatic nitrogens is 2. The van der Waals surface area contributed by atoms with Crippen LogP contribution in [0.2, 0.25) is 0 Å². The van der Waals surface area contributed by atoms with Crippen LogP contribution in [0.5, 0.6) is 11.5 Å². The number of rotatable bonds is 6. The van der Waals surface area contributed by atoms with E-state index in [4.69, 9.17) is 14.5 Å². The summed E-state index contributed by atoms with van der Waals surface area (Å²) < 4.78 is 12.9. The first kappa shape index (κ1) is 18.6. The van der Waals surface area contributed by atoms with Crippen LogP contribution in [0.4, 0.5) is 0 Å². The summed E-state index contributed by atoms with van der Waals surface area (Å²) in [6.07, 6.45) is 0. The minimum atomic E-state index is 0.483. The van der Waals surface area contributed by atoms with Crippen LogP contribution in [0.3, 0.4) is 0 Å². The average Bonchev–Trinajstić information content (AvgIpc) is 3.11. The molecule has 0 aliphatic rings. The molecule has 0 atom stereocenters. The van der Waals surface area contributed by atoms with Crippen molar-refractivity contribution in [3.05, 3.63) is 76.3 Å². The van der Waals surface area contributed by atoms with Crippen molar-refractivity contribution in [3.8, 4) is 22.9 Å². The van der Waals surface area contributed by atoms with Crippen molar-refractivity contribution in [1.82, 2.24) is 9.97 Å². The third-order valence-electron chi connectivity index (χ3n) is 4.46. The maximum absolute atomic E-state index is 6.01. The molecule has 1 heterocycles. The molecule has 0 saturated carbocycles. The van der Waals surface area contributed by atoms with E-state index in [1.807, 2.05) is 55.5 Å². The Morgan fingerprint density at radius 2 is 1.75 bits per heavy atom. The summed E-state index contributed by atoms with van der Waals surface area (Å²) >= 11 is 3.45. The molecule has 28 heavy (non-hydrogen) atoms. The normalized spacial score (nSPS) is 11.0. The van der Waals surface area contributed by atoms with Crippen LogP contribution >= 0.6 is 15.9 Å². The monoisotopic (exact) mass is 436 g/mol. The molecule has 4 nitrogen and oxygen atoms in total. The fourth-order valence-corrected chi connectivity index (χ4v) is 3.31. The van der Waals surface area contributed by atoms with Crippen LogP contribution in [0.1, 0.15) is 18.1 Å². The van der Waals surface area contributed by atoms with E-state index < -0.39 is 0 Å². The van der Waals surface area contributed by atoms with Gasteiger partial charge in [0.1, 0.15) is 12.4 Å². The molecule has 0 saturated heterocycles. The van der Waals surface area contributed by atoms with Gasteiger partial charge in [-0.2, -0.15) is 0 Å². The predicted octanol–water partition coefficient (Wildman–Crippen LogP) is 6.28. The molecule has 4 rings (SSSR count). The number of H-pyrrole nitrogens is 1. The second-order valence-corrected chi connectivity index (χ2v) is 7.53. The molecule has 5 heteroatoms. The van der Waals surface area contributed by atoms with Gasteiger partial charge in [0, 0.05) is 10.0 Å². The number of halogens is 1. The van der Waals surface area contributed by atoms with E-state index in [-0.39, 0.29) is 0 Å². The van der Waals surface area contributed by atoms with Gasteiger partial charge in [-0.3, -0.25) is 0 Å². The van der Waals surface area contributed by atoms with E-state index in [0.717, 1.165) is 38.2 Å². The molecule has 0 spiro atoms. The number of fused-ring (bicyclic) bond motifs is 1. The smallest absolute Gasteiger partial charge is 0.161 e. The zero-order chi connectivity index (χ0) is 19.5. The second kappa shape index (κ2) is 8.07. The van der Waals surface area contributed by atoms with E-state index in [2.05, 4.69) is 40.0 Å². The molecule has 0 aliphatic carbocycles. The molecule has 3 aromatic carbocycles. The number of imidazole rings is 1. The van der Waals surface area contributed by atoms with Crippen molar-refractivity contribution in [2.45, 2.75) is 20.5 Å². The fraction of sp³-hybridized carbons (Fsp3) is 0.174. The van der Waals surface area contributed by atoms with E-state index in [1.165, 1.54) is 5.56 Å². The molecule has 0 fully saturated rings. The van der Waals surface area contributed by atoms with Gasteiger partial charge in [-0.05, 0) is 67.4 Å². The van der Waals surface area contributed by atoms with Gasteiger partial charge in [-0.1, -0.05) is 34.1 Å². The Labute approximate surface area is 172 Å². The lowest BCUT2D eigenvalue weighted by atomic mass is 10.2. The Balaban J connectivity index is 1.60. The summed E-state index contributed by atoms with van der Waals surface area (Å²) in [6.45, 7) is 5.09. The number of ether oxygens (including phenoxy) is 2. The van der Waals surface area contributed by atoms with Gasteiger partial charge in [-0.15, -0.1) is 0 Å². The van der Waals surface area contributed by atoms with Gasteiger partial charge < -0.3 is 14.5 Å². The van der Waals surface area contributed by atoms with Crippen molar-refractivity contribution in [3.63, 3.8) is 0 Å². The quantitative estimate of drug-likeness (QED) is 0.386. The highest BCUT2D eigenvalue weighted by atomic mass is 79.9. The Bertz CT molecular complexity index is 1100. The summed E-state index contributed by atoms with van der Waals surface area (Å²) in [5.74, 6) is 2.26. The minimum Gasteiger partial charge on any atom is -0.490 e. The highest BCUT2D eigenvalue weighted by molar-refractivity contribution is 9.10. The van der Waals surface area contributed by atoms with E-state index >= 15 is 0 Å². The summed E-state index contributed by atoms with van der Waals surface area (Å²) in [7, 11) is 0. The standard InChI is InChI=1S/C23H21BrN2O2/c1-3-27-22-13-17(23-25-19-10-4-15(2)12-20(19)26-23)7-11-21(22)28-14-16-5-8-18(24)9-6-16/h4-13H,3,14H2,1-2H3,(H,25,26). The predicted molar refractivity (Wildman–Crippen MR) is 116 cm³/mol. The summed E-state index contributed by atoms with van der Waals surface area (Å²) in [5, 5.41) is 0. The largest absolute Gasteiger partial charge is 0.490 e. The van der Waals surface area contributed by atoms with E-state index in [0.29, 0.717) is 19.0 Å². The highest BCUT2D eigenvalue weighted by Gasteiger charge is 2.11. The van der Waals surface area contributed by atoms with Gasteiger partial charge in [-0.25, -0.2) is 4.98 Å². The number of aromatic amines is 1. The zero-order valence-corrected chi connectivity index (χ0v) is 17.4. The van der Waals surface area contributed by atoms with Gasteiger partial charge in [0.05, 0.1) is 17.6 Å². The summed E-state index contributed by atoms with van der Waals surface area (Å²) in [6, 6.07) is 20.2. The first-order valence-electron chi connectivity index (χ1n) is 9.23. The molecule has 1 aromatic heterocycles. The van der Waals surface area contributed by atoms with Crippen molar-refractivity contribution < 1.29 is 9.47 Å². The Morgan fingerprint density at radius 3 is 2.54 bits per heavy atom. The van der Waals surface area contributed by atoms with Crippen molar-refractivity contribution in [2.24, 2.45) is 0 Å². The average molecular weight is 437 g/mol. The minimum absolute atomic E-state index is 0.483. The molecular weight excluding hydrogens is 416 g/mol. The van der Waals surface area contributed by atoms with Crippen LogP contribution in [-0.2, 0) is 6.61 Å². The number of hydrogen-bond donors (Lipinski definition) is 1. The van der Waals surface area contributed by atoms with Crippen LogP contribution in [0.25, 0.3) is 22.4 Å². The van der Waals surface area contributed by atoms with Crippen LogP contribution < -0.4 is 9.47 Å². The maximum Gasteiger partial charge on any atom is 0.161 e. The zero-order valence-electron chi connectivity index (χ0n) is 15.8. The molecular formula is C23H21BrN2O2. The molecule has 1 N–H and O–H groups in total. The maximum atomic E-state index is 6.01. The van der Waals surface area contributed by atoms with Crippen LogP contribution in [0, 0.1) is 6.92 Å². The number of benzene rings is 3. The lowest BCUT2D eigenvalue weighted by Gasteiger charge is -2.13. The number of nitrogens with one attached hydrogen (secondary N) is 1. The van der Waals surface area contributed by atoms with Gasteiger partial charge in [0.25, 0.3) is 0 Å². The molecule has 142 valence electrons. The third kappa shape index (κ3) is 4.04. The van der Waals surface area contributed by atoms with Crippen molar-refractivity contribution >= 4 is 27.0 Å². The SMILES string of the molecule is CCOc1cc(-c2nc3ccc(C)cc3[nH]2)ccc1OCc1ccc(Br)cc1. The Kier molecular flexibility index (Phi) is 5.35. The molecule has 4 aromatic rings. The summed E-state index contributed by atoms with van der Waals surface area (Å²) in [5.41, 5.74) is 5.25. The van der Waals surface area contributed by atoms with Crippen molar-refractivity contribution in [1.29, 1.82) is 0 Å². The lowest BCUT2D eigenvalue weighted by molar-refractivity contribution is 0.269. The third-order valence-corrected chi connectivity index (χ3v) is 4.99. The number of aryl methyl sites for hydroxylation is 1. The summed E-state index contributed by atoms with van der Waals surface area (Å²) in [4.78, 5) is 8.09. The topological polar surface area (TPSA) is 47.1 Å². The fourth-order valence-electron chi connectivity index (χ4n) is 3.04. The molecule has 0 unspecified atom stereocenters.